The van der Waals surface area contributed by atoms with E-state index in [4.69, 9.17) is 9.47 Å². The molecule has 1 aliphatic rings. The van der Waals surface area contributed by atoms with Crippen molar-refractivity contribution in [2.45, 2.75) is 84.6 Å². The Morgan fingerprint density at radius 2 is 1.37 bits per heavy atom. The first-order valence-electron chi connectivity index (χ1n) is 17.9. The Balaban J connectivity index is 1.22. The maximum absolute atomic E-state index is 14.0. The maximum atomic E-state index is 14.0. The number of amides is 2. The number of carbonyl (C=O) groups excluding carboxylic acids is 2. The first-order chi connectivity index (χ1) is 24.7. The number of nitrogens with zero attached hydrogens (tertiary/aromatic N) is 4. The van der Waals surface area contributed by atoms with E-state index in [0.29, 0.717) is 37.9 Å². The van der Waals surface area contributed by atoms with Gasteiger partial charge in [0.25, 0.3) is 0 Å². The van der Waals surface area contributed by atoms with Crippen LogP contribution in [0, 0.1) is 17.8 Å². The molecule has 1 aliphatic heterocycles. The van der Waals surface area contributed by atoms with Crippen LogP contribution >= 0.6 is 0 Å². The Hall–Kier alpha value is -4.92. The summed E-state index contributed by atoms with van der Waals surface area (Å²) in [5, 5.41) is 2.80. The number of carbonyl (C=O) groups is 2. The van der Waals surface area contributed by atoms with Crippen LogP contribution in [0.2, 0.25) is 0 Å². The molecule has 3 heterocycles. The van der Waals surface area contributed by atoms with Crippen molar-refractivity contribution in [2.24, 2.45) is 5.92 Å². The van der Waals surface area contributed by atoms with Gasteiger partial charge in [0.2, 0.25) is 5.91 Å². The molecule has 270 valence electrons. The number of methoxy groups -OCH3 is 1. The molecule has 2 amide bonds. The normalized spacial score (nSPS) is 15.0. The van der Waals surface area contributed by atoms with E-state index >= 15 is 0 Å². The van der Waals surface area contributed by atoms with Crippen LogP contribution in [0.4, 0.5) is 4.79 Å². The second-order valence-electron chi connectivity index (χ2n) is 13.4. The number of rotatable bonds is 13. The Labute approximate surface area is 301 Å². The summed E-state index contributed by atoms with van der Waals surface area (Å²) in [6.07, 6.45) is 6.30. The van der Waals surface area contributed by atoms with Crippen LogP contribution in [0.5, 0.6) is 0 Å². The van der Waals surface area contributed by atoms with Gasteiger partial charge in [0.05, 0.1) is 44.0 Å². The van der Waals surface area contributed by atoms with Crippen molar-refractivity contribution in [1.29, 1.82) is 0 Å². The average molecular weight is 694 g/mol. The number of ether oxygens (including phenoxy) is 2. The summed E-state index contributed by atoms with van der Waals surface area (Å²) < 4.78 is 10.4. The molecule has 0 bridgehead atoms. The fourth-order valence-electron chi connectivity index (χ4n) is 6.12. The quantitative estimate of drug-likeness (QED) is 0.139. The average Bonchev–Trinajstić information content (AvgIpc) is 3.85. The zero-order chi connectivity index (χ0) is 36.3. The summed E-state index contributed by atoms with van der Waals surface area (Å²) in [5.41, 5.74) is 5.71. The number of alkyl carbamates (subject to hydrolysis) is 1. The minimum absolute atomic E-state index is 0.0349. The van der Waals surface area contributed by atoms with E-state index in [-0.39, 0.29) is 24.4 Å². The summed E-state index contributed by atoms with van der Waals surface area (Å²) in [4.78, 5) is 46.3. The lowest BCUT2D eigenvalue weighted by atomic mass is 9.90. The largest absolute Gasteiger partial charge is 0.453 e. The van der Waals surface area contributed by atoms with Crippen LogP contribution in [0.15, 0.2) is 60.9 Å². The number of hydrogen-bond acceptors (Lipinski definition) is 7. The first-order valence-corrected chi connectivity index (χ1v) is 17.9. The van der Waals surface area contributed by atoms with Gasteiger partial charge in [0, 0.05) is 36.4 Å². The van der Waals surface area contributed by atoms with Crippen molar-refractivity contribution in [3.05, 3.63) is 83.7 Å². The van der Waals surface area contributed by atoms with Crippen molar-refractivity contribution in [2.75, 3.05) is 27.4 Å². The van der Waals surface area contributed by atoms with Gasteiger partial charge >= 0.3 is 6.09 Å². The van der Waals surface area contributed by atoms with Crippen LogP contribution < -0.4 is 5.32 Å². The van der Waals surface area contributed by atoms with Crippen molar-refractivity contribution in [1.82, 2.24) is 35.1 Å². The highest BCUT2D eigenvalue weighted by molar-refractivity contribution is 5.86. The summed E-state index contributed by atoms with van der Waals surface area (Å²) in [5.74, 6) is 7.98. The van der Waals surface area contributed by atoms with Gasteiger partial charge in [-0.05, 0) is 87.9 Å². The number of imidazole rings is 2. The molecule has 51 heavy (non-hydrogen) atoms. The van der Waals surface area contributed by atoms with Gasteiger partial charge < -0.3 is 29.7 Å². The van der Waals surface area contributed by atoms with Crippen molar-refractivity contribution < 1.29 is 19.1 Å². The van der Waals surface area contributed by atoms with Crippen LogP contribution in [-0.4, -0.2) is 87.2 Å². The van der Waals surface area contributed by atoms with Crippen molar-refractivity contribution >= 4 is 12.0 Å². The minimum Gasteiger partial charge on any atom is -0.453 e. The highest BCUT2D eigenvalue weighted by atomic mass is 16.5. The zero-order valence-corrected chi connectivity index (χ0v) is 30.7. The van der Waals surface area contributed by atoms with Crippen LogP contribution in [0.25, 0.3) is 22.5 Å². The van der Waals surface area contributed by atoms with Gasteiger partial charge in [-0.15, -0.1) is 0 Å². The number of benzene rings is 2. The van der Waals surface area contributed by atoms with E-state index in [0.717, 1.165) is 58.9 Å². The number of H-pyrrole nitrogens is 2. The van der Waals surface area contributed by atoms with Gasteiger partial charge in [0.1, 0.15) is 17.7 Å². The fourth-order valence-corrected chi connectivity index (χ4v) is 6.12. The second-order valence-corrected chi connectivity index (χ2v) is 13.4. The molecule has 0 aliphatic carbocycles. The minimum atomic E-state index is -0.701. The Morgan fingerprint density at radius 1 is 0.863 bits per heavy atom. The second kappa shape index (κ2) is 17.8. The maximum Gasteiger partial charge on any atom is 0.407 e. The smallest absolute Gasteiger partial charge is 0.407 e. The Morgan fingerprint density at radius 3 is 1.86 bits per heavy atom. The van der Waals surface area contributed by atoms with E-state index < -0.39 is 12.1 Å². The van der Waals surface area contributed by atoms with Crippen LogP contribution in [-0.2, 0) is 27.4 Å². The molecule has 1 saturated heterocycles. The van der Waals surface area contributed by atoms with Gasteiger partial charge in [-0.3, -0.25) is 9.69 Å². The lowest BCUT2D eigenvalue weighted by Crippen LogP contribution is -2.55. The SMILES string of the molecule is CC[C@@H](C)N(C)Cc1ncc(-c2ccc(C#Cc3ccc(-c4cnc(CN(C(=O)C(NC(=O)OC)C5CCOCC5)[C@H](C)CC)[nH]4)cc3)cc2)[nH]1. The summed E-state index contributed by atoms with van der Waals surface area (Å²) in [7, 11) is 3.43. The highest BCUT2D eigenvalue weighted by Crippen LogP contribution is 2.24. The first kappa shape index (κ1) is 37.3. The standard InChI is InChI=1S/C40H51N7O4/c1-7-27(3)46(5)25-36-41-23-34(43-36)31-15-11-29(12-16-31)9-10-30-13-17-32(18-14-30)35-24-42-37(44-35)26-47(28(4)8-2)39(48)38(45-40(49)50-6)33-19-21-51-22-20-33/h11-18,23-24,27-28,33,38H,7-8,19-22,25-26H2,1-6H3,(H,41,43)(H,42,44)(H,45,49)/t27-,28-,38?/m1/s1. The molecule has 0 spiro atoms. The molecule has 11 nitrogen and oxygen atoms in total. The van der Waals surface area contributed by atoms with Crippen LogP contribution in [0.3, 0.4) is 0 Å². The third-order valence-electron chi connectivity index (χ3n) is 9.93. The van der Waals surface area contributed by atoms with E-state index in [9.17, 15) is 9.59 Å². The summed E-state index contributed by atoms with van der Waals surface area (Å²) >= 11 is 0. The van der Waals surface area contributed by atoms with Gasteiger partial charge in [-0.1, -0.05) is 50.0 Å². The van der Waals surface area contributed by atoms with Crippen molar-refractivity contribution in [3.63, 3.8) is 0 Å². The Kier molecular flexibility index (Phi) is 13.1. The molecule has 2 aromatic heterocycles. The number of aromatic amines is 2. The Bertz CT molecular complexity index is 1780. The third kappa shape index (κ3) is 9.87. The molecule has 1 fully saturated rings. The fraction of sp³-hybridized carbons (Fsp3) is 0.450. The van der Waals surface area contributed by atoms with Gasteiger partial charge in [-0.2, -0.15) is 0 Å². The molecular weight excluding hydrogens is 642 g/mol. The van der Waals surface area contributed by atoms with E-state index in [1.807, 2.05) is 56.4 Å². The molecule has 2 aromatic carbocycles. The molecule has 5 rings (SSSR count). The van der Waals surface area contributed by atoms with Crippen molar-refractivity contribution in [3.8, 4) is 34.4 Å². The lowest BCUT2D eigenvalue weighted by Gasteiger charge is -2.36. The van der Waals surface area contributed by atoms with Crippen LogP contribution in [0.1, 0.15) is 76.2 Å². The molecule has 1 unspecified atom stereocenters. The molecule has 3 atom stereocenters. The summed E-state index contributed by atoms with van der Waals surface area (Å²) in [6, 6.07) is 15.9. The van der Waals surface area contributed by atoms with E-state index in [1.54, 1.807) is 11.1 Å². The topological polar surface area (TPSA) is 128 Å². The van der Waals surface area contributed by atoms with E-state index in [2.05, 4.69) is 75.0 Å². The van der Waals surface area contributed by atoms with Gasteiger partial charge in [-0.25, -0.2) is 14.8 Å². The molecule has 0 saturated carbocycles. The predicted molar refractivity (Wildman–Crippen MR) is 198 cm³/mol. The molecule has 3 N–H and O–H groups in total. The molecule has 0 radical (unpaired) electrons. The third-order valence-corrected chi connectivity index (χ3v) is 9.93. The molecule has 11 heteroatoms. The lowest BCUT2D eigenvalue weighted by molar-refractivity contribution is -0.138. The predicted octanol–water partition coefficient (Wildman–Crippen LogP) is 6.38. The number of aromatic nitrogens is 4. The number of nitrogens with one attached hydrogen (secondary N) is 3. The molecular formula is C40H51N7O4. The van der Waals surface area contributed by atoms with Gasteiger partial charge in [0.15, 0.2) is 0 Å². The van der Waals surface area contributed by atoms with E-state index in [1.165, 1.54) is 7.11 Å². The molecule has 4 aromatic rings. The summed E-state index contributed by atoms with van der Waals surface area (Å²) in [6.45, 7) is 10.7. The number of hydrogen-bond donors (Lipinski definition) is 3. The highest BCUT2D eigenvalue weighted by Gasteiger charge is 2.36. The monoisotopic (exact) mass is 693 g/mol. The zero-order valence-electron chi connectivity index (χ0n) is 30.7.